The molecule has 0 amide bonds. The molecule has 0 saturated heterocycles. The lowest BCUT2D eigenvalue weighted by molar-refractivity contribution is -0.384. The summed E-state index contributed by atoms with van der Waals surface area (Å²) < 4.78 is 40.8. The Bertz CT molecular complexity index is 924. The van der Waals surface area contributed by atoms with Crippen LogP contribution in [0.2, 0.25) is 0 Å². The Morgan fingerprint density at radius 2 is 1.81 bits per heavy atom. The van der Waals surface area contributed by atoms with Crippen LogP contribution >= 0.6 is 0 Å². The lowest BCUT2D eigenvalue weighted by atomic mass is 10.1. The van der Waals surface area contributed by atoms with E-state index in [0.29, 0.717) is 5.56 Å². The molecule has 0 atom stereocenters. The van der Waals surface area contributed by atoms with Gasteiger partial charge in [-0.3, -0.25) is 10.1 Å². The first kappa shape index (κ1) is 19.8. The van der Waals surface area contributed by atoms with Crippen molar-refractivity contribution >= 4 is 21.4 Å². The third-order valence-corrected chi connectivity index (χ3v) is 5.10. The number of sulfonamides is 1. The van der Waals surface area contributed by atoms with E-state index < -0.39 is 32.0 Å². The first-order chi connectivity index (χ1) is 12.0. The van der Waals surface area contributed by atoms with Crippen molar-refractivity contribution in [3.8, 4) is 0 Å². The quantitative estimate of drug-likeness (QED) is 0.590. The summed E-state index contributed by atoms with van der Waals surface area (Å²) in [5.41, 5.74) is -0.686. The summed E-state index contributed by atoms with van der Waals surface area (Å²) in [5, 5.41) is 14.1. The fourth-order valence-electron chi connectivity index (χ4n) is 2.27. The molecule has 7 nitrogen and oxygen atoms in total. The number of halogens is 1. The van der Waals surface area contributed by atoms with Crippen molar-refractivity contribution in [3.63, 3.8) is 0 Å². The standard InChI is InChI=1S/C17H20FN3O4S/c1-17(2,3)20-26(24,25)13-8-9-15(16(10-13)21(22)23)19-11-12-6-4-5-7-14(12)18/h4-10,19-20H,11H2,1-3H3. The van der Waals surface area contributed by atoms with Crippen molar-refractivity contribution in [2.24, 2.45) is 0 Å². The molecule has 2 N–H and O–H groups in total. The van der Waals surface area contributed by atoms with Gasteiger partial charge >= 0.3 is 0 Å². The molecule has 0 saturated carbocycles. The molecule has 2 rings (SSSR count). The van der Waals surface area contributed by atoms with Gasteiger partial charge in [0.05, 0.1) is 9.82 Å². The van der Waals surface area contributed by atoms with Crippen LogP contribution in [-0.2, 0) is 16.6 Å². The molecule has 2 aromatic carbocycles. The largest absolute Gasteiger partial charge is 0.375 e. The number of nitrogens with one attached hydrogen (secondary N) is 2. The third kappa shape index (κ3) is 4.99. The monoisotopic (exact) mass is 381 g/mol. The van der Waals surface area contributed by atoms with Gasteiger partial charge in [0.2, 0.25) is 10.0 Å². The van der Waals surface area contributed by atoms with Crippen molar-refractivity contribution in [3.05, 3.63) is 64.0 Å². The molecule has 0 aliphatic heterocycles. The number of hydrogen-bond donors (Lipinski definition) is 2. The minimum Gasteiger partial charge on any atom is -0.375 e. The van der Waals surface area contributed by atoms with Crippen LogP contribution in [0.15, 0.2) is 47.4 Å². The van der Waals surface area contributed by atoms with E-state index in [1.54, 1.807) is 39.0 Å². The predicted molar refractivity (Wildman–Crippen MR) is 96.9 cm³/mol. The van der Waals surface area contributed by atoms with Crippen molar-refractivity contribution in [1.82, 2.24) is 4.72 Å². The molecule has 0 heterocycles. The summed E-state index contributed by atoms with van der Waals surface area (Å²) in [6.45, 7) is 5.04. The van der Waals surface area contributed by atoms with Crippen LogP contribution in [0.4, 0.5) is 15.8 Å². The van der Waals surface area contributed by atoms with Gasteiger partial charge < -0.3 is 5.32 Å². The van der Waals surface area contributed by atoms with E-state index in [1.807, 2.05) is 0 Å². The molecule has 0 spiro atoms. The van der Waals surface area contributed by atoms with Gasteiger partial charge in [0, 0.05) is 23.7 Å². The zero-order valence-corrected chi connectivity index (χ0v) is 15.4. The van der Waals surface area contributed by atoms with Gasteiger partial charge in [-0.2, -0.15) is 0 Å². The van der Waals surface area contributed by atoms with Crippen LogP contribution in [0, 0.1) is 15.9 Å². The Balaban J connectivity index is 2.32. The molecule has 0 aliphatic rings. The summed E-state index contributed by atoms with van der Waals surface area (Å²) in [4.78, 5) is 10.4. The highest BCUT2D eigenvalue weighted by molar-refractivity contribution is 7.89. The smallest absolute Gasteiger partial charge is 0.293 e. The molecule has 0 fully saturated rings. The van der Waals surface area contributed by atoms with Crippen LogP contribution in [0.1, 0.15) is 26.3 Å². The fraction of sp³-hybridized carbons (Fsp3) is 0.294. The summed E-state index contributed by atoms with van der Waals surface area (Å²) in [6.07, 6.45) is 0. The molecule has 0 unspecified atom stereocenters. The number of benzene rings is 2. The van der Waals surface area contributed by atoms with E-state index in [9.17, 15) is 22.9 Å². The molecule has 140 valence electrons. The van der Waals surface area contributed by atoms with E-state index in [2.05, 4.69) is 10.0 Å². The normalized spacial score (nSPS) is 12.0. The van der Waals surface area contributed by atoms with E-state index in [-0.39, 0.29) is 17.1 Å². The average Bonchev–Trinajstić information content (AvgIpc) is 2.51. The first-order valence-corrected chi connectivity index (χ1v) is 9.27. The third-order valence-electron chi connectivity index (χ3n) is 3.34. The van der Waals surface area contributed by atoms with Crippen molar-refractivity contribution in [2.45, 2.75) is 37.8 Å². The van der Waals surface area contributed by atoms with Gasteiger partial charge in [-0.1, -0.05) is 18.2 Å². The molecule has 0 aromatic heterocycles. The highest BCUT2D eigenvalue weighted by Gasteiger charge is 2.25. The van der Waals surface area contributed by atoms with Gasteiger partial charge in [0.25, 0.3) is 5.69 Å². The number of nitrogens with zero attached hydrogens (tertiary/aromatic N) is 1. The average molecular weight is 381 g/mol. The number of nitro groups is 1. The Labute approximate surface area is 151 Å². The second-order valence-electron chi connectivity index (χ2n) is 6.74. The van der Waals surface area contributed by atoms with E-state index in [1.165, 1.54) is 18.2 Å². The SMILES string of the molecule is CC(C)(C)NS(=O)(=O)c1ccc(NCc2ccccc2F)c([N+](=O)[O-])c1. The second-order valence-corrected chi connectivity index (χ2v) is 8.42. The van der Waals surface area contributed by atoms with Crippen molar-refractivity contribution in [1.29, 1.82) is 0 Å². The van der Waals surface area contributed by atoms with Gasteiger partial charge in [-0.15, -0.1) is 0 Å². The van der Waals surface area contributed by atoms with Crippen LogP contribution in [-0.4, -0.2) is 18.9 Å². The van der Waals surface area contributed by atoms with Gasteiger partial charge in [0.15, 0.2) is 0 Å². The summed E-state index contributed by atoms with van der Waals surface area (Å²) in [6, 6.07) is 9.60. The Morgan fingerprint density at radius 1 is 1.15 bits per heavy atom. The van der Waals surface area contributed by atoms with Gasteiger partial charge in [-0.05, 0) is 39.0 Å². The van der Waals surface area contributed by atoms with Gasteiger partial charge in [0.1, 0.15) is 11.5 Å². The number of nitro benzene ring substituents is 1. The maximum atomic E-state index is 13.7. The van der Waals surface area contributed by atoms with E-state index in [4.69, 9.17) is 0 Å². The topological polar surface area (TPSA) is 101 Å². The molecular formula is C17H20FN3O4S. The van der Waals surface area contributed by atoms with Crippen LogP contribution in [0.25, 0.3) is 0 Å². The highest BCUT2D eigenvalue weighted by Crippen LogP contribution is 2.28. The first-order valence-electron chi connectivity index (χ1n) is 7.79. The van der Waals surface area contributed by atoms with E-state index in [0.717, 1.165) is 6.07 Å². The summed E-state index contributed by atoms with van der Waals surface area (Å²) >= 11 is 0. The highest BCUT2D eigenvalue weighted by atomic mass is 32.2. The van der Waals surface area contributed by atoms with Gasteiger partial charge in [-0.25, -0.2) is 17.5 Å². The lowest BCUT2D eigenvalue weighted by Gasteiger charge is -2.20. The zero-order valence-electron chi connectivity index (χ0n) is 14.6. The number of rotatable bonds is 6. The fourth-order valence-corrected chi connectivity index (χ4v) is 3.71. The maximum absolute atomic E-state index is 13.7. The number of hydrogen-bond acceptors (Lipinski definition) is 5. The molecule has 2 aromatic rings. The molecule has 0 aliphatic carbocycles. The minimum atomic E-state index is -3.91. The molecule has 9 heteroatoms. The molecule has 26 heavy (non-hydrogen) atoms. The van der Waals surface area contributed by atoms with Crippen molar-refractivity contribution in [2.75, 3.05) is 5.32 Å². The lowest BCUT2D eigenvalue weighted by Crippen LogP contribution is -2.40. The molecule has 0 bridgehead atoms. The molecule has 0 radical (unpaired) electrons. The van der Waals surface area contributed by atoms with Crippen LogP contribution in [0.5, 0.6) is 0 Å². The molecular weight excluding hydrogens is 361 g/mol. The zero-order chi connectivity index (χ0) is 19.5. The Kier molecular flexibility index (Phi) is 5.62. The number of anilines is 1. The maximum Gasteiger partial charge on any atom is 0.293 e. The van der Waals surface area contributed by atoms with Crippen LogP contribution < -0.4 is 10.0 Å². The Morgan fingerprint density at radius 3 is 2.38 bits per heavy atom. The predicted octanol–water partition coefficient (Wildman–Crippen LogP) is 3.42. The Hall–Kier alpha value is -2.52. The van der Waals surface area contributed by atoms with Crippen LogP contribution in [0.3, 0.4) is 0 Å². The van der Waals surface area contributed by atoms with Crippen molar-refractivity contribution < 1.29 is 17.7 Å². The van der Waals surface area contributed by atoms with E-state index >= 15 is 0 Å². The summed E-state index contributed by atoms with van der Waals surface area (Å²) in [5.74, 6) is -0.434. The summed E-state index contributed by atoms with van der Waals surface area (Å²) in [7, 11) is -3.91. The second kappa shape index (κ2) is 7.38. The minimum absolute atomic E-state index is 0.0276.